The van der Waals surface area contributed by atoms with Crippen LogP contribution in [0.2, 0.25) is 5.02 Å². The van der Waals surface area contributed by atoms with Gasteiger partial charge in [-0.15, -0.1) is 0 Å². The molecule has 1 N–H and O–H groups in total. The van der Waals surface area contributed by atoms with E-state index in [9.17, 15) is 9.59 Å². The van der Waals surface area contributed by atoms with Gasteiger partial charge in [0.05, 0.1) is 29.8 Å². The van der Waals surface area contributed by atoms with Crippen LogP contribution in [0.15, 0.2) is 80.8 Å². The number of para-hydroxylation sites is 1. The highest BCUT2D eigenvalue weighted by Gasteiger charge is 2.24. The van der Waals surface area contributed by atoms with Crippen molar-refractivity contribution < 1.29 is 13.6 Å². The van der Waals surface area contributed by atoms with Crippen molar-refractivity contribution in [1.82, 2.24) is 4.57 Å². The number of aromatic nitrogens is 1. The van der Waals surface area contributed by atoms with E-state index in [0.717, 1.165) is 0 Å². The molecule has 0 aliphatic carbocycles. The van der Waals surface area contributed by atoms with E-state index >= 15 is 0 Å². The van der Waals surface area contributed by atoms with E-state index in [1.165, 1.54) is 12.3 Å². The molecule has 0 saturated carbocycles. The third kappa shape index (κ3) is 3.75. The van der Waals surface area contributed by atoms with E-state index in [-0.39, 0.29) is 5.56 Å². The number of carbonyl (C=O) groups excluding carboxylic acids is 1. The SMILES string of the molecule is Cc1cc(=O)c(C(=O)Nc2ccccc2Cl)c(-c2ccco2)n1Cc1ccco1. The van der Waals surface area contributed by atoms with Crippen LogP contribution in [0.4, 0.5) is 5.69 Å². The summed E-state index contributed by atoms with van der Waals surface area (Å²) in [4.78, 5) is 26.0. The number of hydrogen-bond acceptors (Lipinski definition) is 4. The number of benzene rings is 1. The van der Waals surface area contributed by atoms with E-state index in [1.54, 1.807) is 55.7 Å². The maximum absolute atomic E-state index is 13.1. The molecule has 0 saturated heterocycles. The standard InChI is InChI=1S/C22H17ClN2O4/c1-14-12-18(26)20(22(27)24-17-8-3-2-7-16(17)23)21(19-9-5-11-29-19)25(14)13-15-6-4-10-28-15/h2-12H,13H2,1H3,(H,24,27). The van der Waals surface area contributed by atoms with Crippen LogP contribution in [0.25, 0.3) is 11.5 Å². The van der Waals surface area contributed by atoms with Crippen LogP contribution in [-0.2, 0) is 6.54 Å². The average Bonchev–Trinajstić information content (AvgIpc) is 3.39. The van der Waals surface area contributed by atoms with E-state index in [1.807, 2.05) is 10.6 Å². The molecule has 0 spiro atoms. The van der Waals surface area contributed by atoms with Gasteiger partial charge in [-0.3, -0.25) is 9.59 Å². The van der Waals surface area contributed by atoms with Crippen molar-refractivity contribution in [3.63, 3.8) is 0 Å². The third-order valence-corrected chi connectivity index (χ3v) is 4.85. The van der Waals surface area contributed by atoms with Crippen LogP contribution in [0.3, 0.4) is 0 Å². The van der Waals surface area contributed by atoms with Gasteiger partial charge in [-0.1, -0.05) is 23.7 Å². The highest BCUT2D eigenvalue weighted by atomic mass is 35.5. The lowest BCUT2D eigenvalue weighted by atomic mass is 10.1. The zero-order valence-electron chi connectivity index (χ0n) is 15.5. The minimum atomic E-state index is -0.567. The van der Waals surface area contributed by atoms with E-state index in [0.29, 0.717) is 40.2 Å². The minimum absolute atomic E-state index is 0.0305. The third-order valence-electron chi connectivity index (χ3n) is 4.52. The summed E-state index contributed by atoms with van der Waals surface area (Å²) in [6.45, 7) is 2.13. The first-order valence-corrected chi connectivity index (χ1v) is 9.29. The molecular formula is C22H17ClN2O4. The van der Waals surface area contributed by atoms with Gasteiger partial charge in [-0.2, -0.15) is 0 Å². The first-order valence-electron chi connectivity index (χ1n) is 8.91. The number of carbonyl (C=O) groups is 1. The molecule has 1 amide bonds. The highest BCUT2D eigenvalue weighted by Crippen LogP contribution is 2.27. The monoisotopic (exact) mass is 408 g/mol. The Balaban J connectivity index is 1.87. The first kappa shape index (κ1) is 18.8. The van der Waals surface area contributed by atoms with Crippen LogP contribution in [0, 0.1) is 6.92 Å². The summed E-state index contributed by atoms with van der Waals surface area (Å²) in [7, 11) is 0. The average molecular weight is 409 g/mol. The minimum Gasteiger partial charge on any atom is -0.467 e. The smallest absolute Gasteiger partial charge is 0.261 e. The van der Waals surface area contributed by atoms with Crippen molar-refractivity contribution in [3.8, 4) is 11.5 Å². The number of aryl methyl sites for hydroxylation is 1. The zero-order chi connectivity index (χ0) is 20.4. The number of rotatable bonds is 5. The summed E-state index contributed by atoms with van der Waals surface area (Å²) in [6.07, 6.45) is 3.07. The zero-order valence-corrected chi connectivity index (χ0v) is 16.3. The lowest BCUT2D eigenvalue weighted by molar-refractivity contribution is 0.102. The molecule has 4 rings (SSSR count). The van der Waals surface area contributed by atoms with Gasteiger partial charge in [0.15, 0.2) is 11.2 Å². The van der Waals surface area contributed by atoms with Crippen LogP contribution in [0.5, 0.6) is 0 Å². The molecule has 29 heavy (non-hydrogen) atoms. The first-order chi connectivity index (χ1) is 14.0. The van der Waals surface area contributed by atoms with Gasteiger partial charge in [0, 0.05) is 11.8 Å². The molecule has 146 valence electrons. The topological polar surface area (TPSA) is 77.4 Å². The van der Waals surface area contributed by atoms with Crippen molar-refractivity contribution in [2.75, 3.05) is 5.32 Å². The lowest BCUT2D eigenvalue weighted by Crippen LogP contribution is -2.26. The Labute approximate surface area is 171 Å². The van der Waals surface area contributed by atoms with Gasteiger partial charge in [-0.05, 0) is 43.3 Å². The van der Waals surface area contributed by atoms with Crippen molar-refractivity contribution in [3.05, 3.63) is 99.4 Å². The molecule has 3 aromatic heterocycles. The second-order valence-electron chi connectivity index (χ2n) is 6.45. The predicted molar refractivity (Wildman–Crippen MR) is 110 cm³/mol. The van der Waals surface area contributed by atoms with Gasteiger partial charge >= 0.3 is 0 Å². The summed E-state index contributed by atoms with van der Waals surface area (Å²) >= 11 is 6.16. The van der Waals surface area contributed by atoms with Crippen molar-refractivity contribution >= 4 is 23.2 Å². The summed E-state index contributed by atoms with van der Waals surface area (Å²) in [5, 5.41) is 3.10. The van der Waals surface area contributed by atoms with Crippen molar-refractivity contribution in [2.24, 2.45) is 0 Å². The Morgan fingerprint density at radius 3 is 2.52 bits per heavy atom. The molecule has 0 radical (unpaired) electrons. The Bertz CT molecular complexity index is 1210. The Hall–Kier alpha value is -3.51. The lowest BCUT2D eigenvalue weighted by Gasteiger charge is -2.18. The van der Waals surface area contributed by atoms with E-state index in [4.69, 9.17) is 20.4 Å². The van der Waals surface area contributed by atoms with E-state index in [2.05, 4.69) is 5.32 Å². The maximum atomic E-state index is 13.1. The normalized spacial score (nSPS) is 10.8. The molecule has 0 aliphatic heterocycles. The summed E-state index contributed by atoms with van der Waals surface area (Å²) < 4.78 is 12.8. The quantitative estimate of drug-likeness (QED) is 0.506. The number of pyridine rings is 1. The largest absolute Gasteiger partial charge is 0.467 e. The van der Waals surface area contributed by atoms with Crippen LogP contribution in [0.1, 0.15) is 21.8 Å². The molecule has 0 bridgehead atoms. The van der Waals surface area contributed by atoms with Crippen LogP contribution < -0.4 is 10.7 Å². The molecule has 0 unspecified atom stereocenters. The fraction of sp³-hybridized carbons (Fsp3) is 0.0909. The fourth-order valence-corrected chi connectivity index (χ4v) is 3.35. The van der Waals surface area contributed by atoms with Crippen LogP contribution >= 0.6 is 11.6 Å². The second-order valence-corrected chi connectivity index (χ2v) is 6.86. The van der Waals surface area contributed by atoms with Gasteiger partial charge in [-0.25, -0.2) is 0 Å². The highest BCUT2D eigenvalue weighted by molar-refractivity contribution is 6.34. The molecule has 0 fully saturated rings. The summed E-state index contributed by atoms with van der Waals surface area (Å²) in [5.74, 6) is 0.520. The molecule has 6 nitrogen and oxygen atoms in total. The molecule has 7 heteroatoms. The Kier molecular flexibility index (Phi) is 5.10. The molecule has 3 heterocycles. The molecule has 0 atom stereocenters. The van der Waals surface area contributed by atoms with Gasteiger partial charge in [0.25, 0.3) is 5.91 Å². The summed E-state index contributed by atoms with van der Waals surface area (Å²) in [6, 6.07) is 15.3. The van der Waals surface area contributed by atoms with Crippen molar-refractivity contribution in [1.29, 1.82) is 0 Å². The van der Waals surface area contributed by atoms with Crippen molar-refractivity contribution in [2.45, 2.75) is 13.5 Å². The molecule has 1 aromatic carbocycles. The predicted octanol–water partition coefficient (Wildman–Crippen LogP) is 4.96. The number of nitrogens with one attached hydrogen (secondary N) is 1. The number of hydrogen-bond donors (Lipinski definition) is 1. The van der Waals surface area contributed by atoms with Gasteiger partial charge in [0.2, 0.25) is 0 Å². The van der Waals surface area contributed by atoms with E-state index < -0.39 is 11.3 Å². The number of amides is 1. The molecule has 4 aromatic rings. The van der Waals surface area contributed by atoms with Gasteiger partial charge in [0.1, 0.15) is 17.0 Å². The second kappa shape index (κ2) is 7.85. The fourth-order valence-electron chi connectivity index (χ4n) is 3.17. The van der Waals surface area contributed by atoms with Crippen LogP contribution in [-0.4, -0.2) is 10.5 Å². The summed E-state index contributed by atoms with van der Waals surface area (Å²) in [5.41, 5.74) is 1.03. The number of halogens is 1. The number of nitrogens with zero attached hydrogens (tertiary/aromatic N) is 1. The number of furan rings is 2. The Morgan fingerprint density at radius 1 is 1.07 bits per heavy atom. The maximum Gasteiger partial charge on any atom is 0.261 e. The molecular weight excluding hydrogens is 392 g/mol. The Morgan fingerprint density at radius 2 is 1.83 bits per heavy atom. The van der Waals surface area contributed by atoms with Gasteiger partial charge < -0.3 is 18.7 Å². The number of anilines is 1. The molecule has 0 aliphatic rings.